The van der Waals surface area contributed by atoms with Gasteiger partial charge in [-0.25, -0.2) is 4.39 Å². The molecule has 0 spiro atoms. The van der Waals surface area contributed by atoms with Gasteiger partial charge in [-0.15, -0.1) is 0 Å². The van der Waals surface area contributed by atoms with E-state index in [0.717, 1.165) is 26.1 Å². The second-order valence-corrected chi connectivity index (χ2v) is 6.81. The van der Waals surface area contributed by atoms with Crippen LogP contribution in [0.5, 0.6) is 0 Å². The summed E-state index contributed by atoms with van der Waals surface area (Å²) < 4.78 is 14.9. The van der Waals surface area contributed by atoms with Crippen molar-refractivity contribution in [2.24, 2.45) is 5.92 Å². The van der Waals surface area contributed by atoms with Crippen LogP contribution in [-0.4, -0.2) is 25.7 Å². The maximum Gasteiger partial charge on any atom is 0.161 e. The number of rotatable bonds is 5. The topological polar surface area (TPSA) is 39.1 Å². The third-order valence-electron chi connectivity index (χ3n) is 4.30. The van der Waals surface area contributed by atoms with Crippen molar-refractivity contribution in [2.45, 2.75) is 31.7 Å². The zero-order valence-corrected chi connectivity index (χ0v) is 13.5. The number of nitrogens with one attached hydrogen (secondary N) is 1. The molecule has 1 aromatic carbocycles. The van der Waals surface area contributed by atoms with Crippen molar-refractivity contribution >= 4 is 21.6 Å². The second-order valence-electron chi connectivity index (χ2n) is 6.01. The van der Waals surface area contributed by atoms with E-state index in [4.69, 9.17) is 5.26 Å². The SMILES string of the molecule is N#Cc1ccc(N(CC2CC2)CC2CCCN2)c(F)c1Br. The number of anilines is 1. The summed E-state index contributed by atoms with van der Waals surface area (Å²) in [5.41, 5.74) is 0.961. The van der Waals surface area contributed by atoms with Gasteiger partial charge in [0, 0.05) is 19.1 Å². The largest absolute Gasteiger partial charge is 0.367 e. The summed E-state index contributed by atoms with van der Waals surface area (Å²) in [6.45, 7) is 2.81. The zero-order chi connectivity index (χ0) is 14.8. The third kappa shape index (κ3) is 3.38. The molecule has 112 valence electrons. The molecule has 1 heterocycles. The Bertz CT molecular complexity index is 559. The van der Waals surface area contributed by atoms with E-state index < -0.39 is 0 Å². The molecule has 1 saturated carbocycles. The summed E-state index contributed by atoms with van der Waals surface area (Å²) in [6.07, 6.45) is 4.84. The molecule has 0 bridgehead atoms. The Labute approximate surface area is 133 Å². The first-order valence-corrected chi connectivity index (χ1v) is 8.34. The van der Waals surface area contributed by atoms with Crippen molar-refractivity contribution in [1.29, 1.82) is 5.26 Å². The second kappa shape index (κ2) is 6.33. The lowest BCUT2D eigenvalue weighted by molar-refractivity contribution is 0.553. The number of nitriles is 1. The van der Waals surface area contributed by atoms with Crippen molar-refractivity contribution in [3.05, 3.63) is 28.0 Å². The highest BCUT2D eigenvalue weighted by Crippen LogP contribution is 2.35. The Morgan fingerprint density at radius 2 is 2.14 bits per heavy atom. The fourth-order valence-electron chi connectivity index (χ4n) is 2.93. The Morgan fingerprint density at radius 1 is 1.33 bits per heavy atom. The highest BCUT2D eigenvalue weighted by atomic mass is 79.9. The van der Waals surface area contributed by atoms with Crippen LogP contribution in [0.4, 0.5) is 10.1 Å². The van der Waals surface area contributed by atoms with Crippen molar-refractivity contribution in [1.82, 2.24) is 5.32 Å². The number of halogens is 2. The molecule has 1 unspecified atom stereocenters. The van der Waals surface area contributed by atoms with Crippen LogP contribution in [0.1, 0.15) is 31.2 Å². The lowest BCUT2D eigenvalue weighted by atomic mass is 10.1. The van der Waals surface area contributed by atoms with E-state index in [2.05, 4.69) is 26.1 Å². The fraction of sp³-hybridized carbons (Fsp3) is 0.562. The van der Waals surface area contributed by atoms with E-state index in [1.165, 1.54) is 19.3 Å². The Morgan fingerprint density at radius 3 is 2.76 bits per heavy atom. The molecule has 1 aliphatic heterocycles. The van der Waals surface area contributed by atoms with Crippen LogP contribution >= 0.6 is 15.9 Å². The monoisotopic (exact) mass is 351 g/mol. The molecule has 2 aliphatic rings. The van der Waals surface area contributed by atoms with Crippen molar-refractivity contribution in [3.8, 4) is 6.07 Å². The number of benzene rings is 1. The van der Waals surface area contributed by atoms with E-state index in [0.29, 0.717) is 23.2 Å². The number of nitrogens with zero attached hydrogens (tertiary/aromatic N) is 2. The van der Waals surface area contributed by atoms with Crippen LogP contribution in [0, 0.1) is 23.1 Å². The average molecular weight is 352 g/mol. The van der Waals surface area contributed by atoms with Crippen LogP contribution in [-0.2, 0) is 0 Å². The zero-order valence-electron chi connectivity index (χ0n) is 11.9. The molecule has 3 nitrogen and oxygen atoms in total. The number of hydrogen-bond donors (Lipinski definition) is 1. The van der Waals surface area contributed by atoms with Crippen LogP contribution in [0.2, 0.25) is 0 Å². The lowest BCUT2D eigenvalue weighted by Gasteiger charge is -2.28. The molecule has 3 rings (SSSR count). The minimum Gasteiger partial charge on any atom is -0.367 e. The molecule has 5 heteroatoms. The van der Waals surface area contributed by atoms with Crippen molar-refractivity contribution in [3.63, 3.8) is 0 Å². The van der Waals surface area contributed by atoms with Gasteiger partial charge in [0.1, 0.15) is 6.07 Å². The van der Waals surface area contributed by atoms with Crippen LogP contribution in [0.15, 0.2) is 16.6 Å². The lowest BCUT2D eigenvalue weighted by Crippen LogP contribution is -2.39. The van der Waals surface area contributed by atoms with Gasteiger partial charge in [0.2, 0.25) is 0 Å². The highest BCUT2D eigenvalue weighted by Gasteiger charge is 2.28. The predicted octanol–water partition coefficient (Wildman–Crippen LogP) is 3.43. The normalized spacial score (nSPS) is 21.3. The molecular weight excluding hydrogens is 333 g/mol. The van der Waals surface area contributed by atoms with E-state index in [9.17, 15) is 4.39 Å². The predicted molar refractivity (Wildman–Crippen MR) is 84.8 cm³/mol. The Kier molecular flexibility index (Phi) is 4.46. The van der Waals surface area contributed by atoms with Gasteiger partial charge < -0.3 is 10.2 Å². The fourth-order valence-corrected chi connectivity index (χ4v) is 3.36. The van der Waals surface area contributed by atoms with E-state index in [1.54, 1.807) is 12.1 Å². The quantitative estimate of drug-likeness (QED) is 0.883. The van der Waals surface area contributed by atoms with Gasteiger partial charge in [-0.2, -0.15) is 5.26 Å². The molecule has 2 fully saturated rings. The van der Waals surface area contributed by atoms with Gasteiger partial charge in [0.15, 0.2) is 5.82 Å². The minimum atomic E-state index is -0.312. The smallest absolute Gasteiger partial charge is 0.161 e. The molecule has 0 aromatic heterocycles. The molecule has 1 N–H and O–H groups in total. The van der Waals surface area contributed by atoms with Crippen molar-refractivity contribution < 1.29 is 4.39 Å². The van der Waals surface area contributed by atoms with Crippen LogP contribution < -0.4 is 10.2 Å². The van der Waals surface area contributed by atoms with Gasteiger partial charge in [0.05, 0.1) is 15.7 Å². The van der Waals surface area contributed by atoms with Gasteiger partial charge in [0.25, 0.3) is 0 Å². The van der Waals surface area contributed by atoms with E-state index in [1.807, 2.05) is 6.07 Å². The summed E-state index contributed by atoms with van der Waals surface area (Å²) in [4.78, 5) is 2.15. The first kappa shape index (κ1) is 14.8. The first-order valence-electron chi connectivity index (χ1n) is 7.55. The molecular formula is C16H19BrFN3. The number of hydrogen-bond acceptors (Lipinski definition) is 3. The van der Waals surface area contributed by atoms with Crippen molar-refractivity contribution in [2.75, 3.05) is 24.5 Å². The molecule has 1 saturated heterocycles. The van der Waals surface area contributed by atoms with Gasteiger partial charge >= 0.3 is 0 Å². The minimum absolute atomic E-state index is 0.280. The van der Waals surface area contributed by atoms with Crippen LogP contribution in [0.3, 0.4) is 0 Å². The Hall–Kier alpha value is -1.12. The van der Waals surface area contributed by atoms with Crippen LogP contribution in [0.25, 0.3) is 0 Å². The highest BCUT2D eigenvalue weighted by molar-refractivity contribution is 9.10. The maximum absolute atomic E-state index is 14.6. The van der Waals surface area contributed by atoms with E-state index >= 15 is 0 Å². The molecule has 1 atom stereocenters. The molecule has 1 aromatic rings. The first-order chi connectivity index (χ1) is 10.2. The summed E-state index contributed by atoms with van der Waals surface area (Å²) in [7, 11) is 0. The Balaban J connectivity index is 1.84. The molecule has 0 radical (unpaired) electrons. The van der Waals surface area contributed by atoms with Gasteiger partial charge in [-0.05, 0) is 66.2 Å². The maximum atomic E-state index is 14.6. The molecule has 1 aliphatic carbocycles. The average Bonchev–Trinajstić information content (AvgIpc) is 3.15. The standard InChI is InChI=1S/C16H19BrFN3/c17-15-12(8-19)5-6-14(16(15)18)21(9-11-3-4-11)10-13-2-1-7-20-13/h5-6,11,13,20H,1-4,7,9-10H2. The third-order valence-corrected chi connectivity index (χ3v) is 5.08. The molecule has 21 heavy (non-hydrogen) atoms. The van der Waals surface area contributed by atoms with E-state index in [-0.39, 0.29) is 10.3 Å². The summed E-state index contributed by atoms with van der Waals surface area (Å²) in [5.74, 6) is 0.382. The van der Waals surface area contributed by atoms with Gasteiger partial charge in [-0.1, -0.05) is 0 Å². The van der Waals surface area contributed by atoms with Gasteiger partial charge in [-0.3, -0.25) is 0 Å². The summed E-state index contributed by atoms with van der Waals surface area (Å²) in [5, 5.41) is 12.5. The summed E-state index contributed by atoms with van der Waals surface area (Å²) in [6, 6.07) is 5.90. The molecule has 0 amide bonds. The summed E-state index contributed by atoms with van der Waals surface area (Å²) >= 11 is 3.21.